The third kappa shape index (κ3) is 4.18. The quantitative estimate of drug-likeness (QED) is 0.527. The normalized spacial score (nSPS) is 10.7. The Bertz CT molecular complexity index is 998. The minimum atomic E-state index is -1.21. The molecule has 0 aromatic carbocycles. The summed E-state index contributed by atoms with van der Waals surface area (Å²) in [5.41, 5.74) is 5.26. The molecule has 0 bridgehead atoms. The van der Waals surface area contributed by atoms with Gasteiger partial charge in [-0.15, -0.1) is 0 Å². The molecule has 3 aromatic heterocycles. The molecule has 0 unspecified atom stereocenters. The van der Waals surface area contributed by atoms with Crippen LogP contribution in [0.1, 0.15) is 10.4 Å². The van der Waals surface area contributed by atoms with Gasteiger partial charge in [0, 0.05) is 6.20 Å². The lowest BCUT2D eigenvalue weighted by molar-refractivity contribution is 0.102. The van der Waals surface area contributed by atoms with Crippen molar-refractivity contribution in [1.29, 1.82) is 0 Å². The molecule has 0 spiro atoms. The number of nitrogens with one attached hydrogen (secondary N) is 1. The summed E-state index contributed by atoms with van der Waals surface area (Å²) in [5, 5.41) is 2.56. The topological polar surface area (TPSA) is 115 Å². The number of hydrogen-bond donors (Lipinski definition) is 2. The molecular formula is C17H12F2N6O2. The molecule has 3 heterocycles. The van der Waals surface area contributed by atoms with Gasteiger partial charge in [0.05, 0.1) is 30.5 Å². The number of hydrogen-bond acceptors (Lipinski definition) is 6. The predicted molar refractivity (Wildman–Crippen MR) is 93.0 cm³/mol. The van der Waals surface area contributed by atoms with E-state index in [9.17, 15) is 13.6 Å². The van der Waals surface area contributed by atoms with Crippen LogP contribution in [-0.2, 0) is 0 Å². The van der Waals surface area contributed by atoms with Gasteiger partial charge in [-0.2, -0.15) is 4.39 Å². The van der Waals surface area contributed by atoms with Crippen LogP contribution in [0.4, 0.5) is 20.4 Å². The smallest absolute Gasteiger partial charge is 0.260 e. The van der Waals surface area contributed by atoms with Gasteiger partial charge in [0.25, 0.3) is 5.91 Å². The molecule has 0 aliphatic carbocycles. The highest BCUT2D eigenvalue weighted by Gasteiger charge is 2.17. The third-order valence-electron chi connectivity index (χ3n) is 3.22. The van der Waals surface area contributed by atoms with Crippen molar-refractivity contribution in [3.63, 3.8) is 0 Å². The van der Waals surface area contributed by atoms with Crippen molar-refractivity contribution < 1.29 is 18.3 Å². The average molecular weight is 370 g/mol. The molecule has 8 nitrogen and oxygen atoms in total. The third-order valence-corrected chi connectivity index (χ3v) is 3.22. The minimum Gasteiger partial charge on any atom is -0.451 e. The Morgan fingerprint density at radius 2 is 2.07 bits per heavy atom. The standard InChI is InChI=1S/C17H12F2N6O2/c18-12-7-21-8-13(15(12)19)27-10-5-11(16(23-6-10)24-9-20)17(26)25-14-3-1-2-4-22-14/h1-9H,(H2,20,23,24)(H,22,25,26). The number of rotatable bonds is 5. The van der Waals surface area contributed by atoms with E-state index in [-0.39, 0.29) is 17.1 Å². The van der Waals surface area contributed by atoms with Crippen molar-refractivity contribution in [2.75, 3.05) is 5.32 Å². The number of carbonyl (C=O) groups is 1. The zero-order chi connectivity index (χ0) is 19.2. The molecular weight excluding hydrogens is 358 g/mol. The second-order valence-corrected chi connectivity index (χ2v) is 5.02. The van der Waals surface area contributed by atoms with Crippen LogP contribution in [0.15, 0.2) is 54.0 Å². The highest BCUT2D eigenvalue weighted by Crippen LogP contribution is 2.28. The van der Waals surface area contributed by atoms with Gasteiger partial charge in [-0.25, -0.2) is 19.4 Å². The molecule has 3 N–H and O–H groups in total. The fraction of sp³-hybridized carbons (Fsp3) is 0. The number of carbonyl (C=O) groups excluding carboxylic acids is 1. The number of aromatic nitrogens is 3. The Kier molecular flexibility index (Phi) is 5.26. The number of amides is 1. The maximum Gasteiger partial charge on any atom is 0.260 e. The van der Waals surface area contributed by atoms with Crippen LogP contribution < -0.4 is 15.8 Å². The summed E-state index contributed by atoms with van der Waals surface area (Å²) in [6.07, 6.45) is 5.37. The van der Waals surface area contributed by atoms with Crippen molar-refractivity contribution in [1.82, 2.24) is 15.0 Å². The maximum absolute atomic E-state index is 13.7. The Hall–Kier alpha value is -3.95. The Morgan fingerprint density at radius 1 is 1.22 bits per heavy atom. The Balaban J connectivity index is 1.92. The van der Waals surface area contributed by atoms with E-state index in [0.717, 1.165) is 12.5 Å². The number of ether oxygens (including phenoxy) is 1. The zero-order valence-corrected chi connectivity index (χ0v) is 13.6. The van der Waals surface area contributed by atoms with E-state index in [1.807, 2.05) is 0 Å². The van der Waals surface area contributed by atoms with Crippen LogP contribution in [0.5, 0.6) is 11.5 Å². The van der Waals surface area contributed by atoms with E-state index < -0.39 is 23.3 Å². The fourth-order valence-corrected chi connectivity index (χ4v) is 2.05. The predicted octanol–water partition coefficient (Wildman–Crippen LogP) is 2.81. The van der Waals surface area contributed by atoms with Crippen LogP contribution in [0.25, 0.3) is 0 Å². The Labute approximate surface area is 151 Å². The average Bonchev–Trinajstić information content (AvgIpc) is 2.67. The van der Waals surface area contributed by atoms with E-state index in [1.165, 1.54) is 18.5 Å². The van der Waals surface area contributed by atoms with E-state index in [0.29, 0.717) is 12.0 Å². The fourth-order valence-electron chi connectivity index (χ4n) is 2.05. The number of halogens is 2. The summed E-state index contributed by atoms with van der Waals surface area (Å²) >= 11 is 0. The molecule has 0 saturated carbocycles. The van der Waals surface area contributed by atoms with Crippen molar-refractivity contribution in [2.45, 2.75) is 0 Å². The van der Waals surface area contributed by atoms with E-state index in [1.54, 1.807) is 18.2 Å². The summed E-state index contributed by atoms with van der Waals surface area (Å²) in [6, 6.07) is 6.24. The SMILES string of the molecule is N/C=N\c1ncc(Oc2cncc(F)c2F)cc1C(=O)Nc1ccccn1. The maximum atomic E-state index is 13.7. The second-order valence-electron chi connectivity index (χ2n) is 5.02. The largest absolute Gasteiger partial charge is 0.451 e. The lowest BCUT2D eigenvalue weighted by atomic mass is 10.2. The molecule has 0 saturated heterocycles. The van der Waals surface area contributed by atoms with Gasteiger partial charge in [-0.05, 0) is 18.2 Å². The van der Waals surface area contributed by atoms with Gasteiger partial charge in [0.2, 0.25) is 5.82 Å². The van der Waals surface area contributed by atoms with Gasteiger partial charge < -0.3 is 15.8 Å². The van der Waals surface area contributed by atoms with Crippen LogP contribution in [0.3, 0.4) is 0 Å². The minimum absolute atomic E-state index is 0.00961. The highest BCUT2D eigenvalue weighted by atomic mass is 19.2. The first-order valence-electron chi connectivity index (χ1n) is 7.52. The second kappa shape index (κ2) is 7.95. The highest BCUT2D eigenvalue weighted by molar-refractivity contribution is 6.07. The van der Waals surface area contributed by atoms with Gasteiger partial charge in [-0.3, -0.25) is 9.78 Å². The summed E-state index contributed by atoms with van der Waals surface area (Å²) in [4.78, 5) is 27.8. The van der Waals surface area contributed by atoms with Crippen molar-refractivity contribution >= 4 is 23.9 Å². The van der Waals surface area contributed by atoms with Gasteiger partial charge in [0.1, 0.15) is 11.6 Å². The van der Waals surface area contributed by atoms with E-state index >= 15 is 0 Å². The first kappa shape index (κ1) is 17.9. The summed E-state index contributed by atoms with van der Waals surface area (Å²) in [6.45, 7) is 0. The molecule has 1 amide bonds. The van der Waals surface area contributed by atoms with Gasteiger partial charge in [-0.1, -0.05) is 6.07 Å². The van der Waals surface area contributed by atoms with Gasteiger partial charge in [0.15, 0.2) is 17.4 Å². The summed E-state index contributed by atoms with van der Waals surface area (Å²) in [7, 11) is 0. The molecule has 136 valence electrons. The number of aliphatic imine (C=N–C) groups is 1. The van der Waals surface area contributed by atoms with Crippen LogP contribution >= 0.6 is 0 Å². The molecule has 0 aliphatic heterocycles. The Morgan fingerprint density at radius 3 is 2.81 bits per heavy atom. The molecule has 0 aliphatic rings. The lowest BCUT2D eigenvalue weighted by Crippen LogP contribution is -2.14. The van der Waals surface area contributed by atoms with Crippen molar-refractivity contribution in [3.8, 4) is 11.5 Å². The molecule has 0 fully saturated rings. The molecule has 3 aromatic rings. The first-order chi connectivity index (χ1) is 13.1. The monoisotopic (exact) mass is 370 g/mol. The zero-order valence-electron chi connectivity index (χ0n) is 13.6. The lowest BCUT2D eigenvalue weighted by Gasteiger charge is -2.10. The molecule has 0 atom stereocenters. The number of nitrogens with two attached hydrogens (primary N) is 1. The molecule has 10 heteroatoms. The number of pyridine rings is 3. The molecule has 3 rings (SSSR count). The van der Waals surface area contributed by atoms with Crippen LogP contribution in [0.2, 0.25) is 0 Å². The van der Waals surface area contributed by atoms with E-state index in [4.69, 9.17) is 10.5 Å². The number of anilines is 1. The number of nitrogens with zero attached hydrogens (tertiary/aromatic N) is 4. The molecule has 27 heavy (non-hydrogen) atoms. The summed E-state index contributed by atoms with van der Waals surface area (Å²) in [5.74, 6) is -3.14. The van der Waals surface area contributed by atoms with Crippen LogP contribution in [-0.4, -0.2) is 27.2 Å². The first-order valence-corrected chi connectivity index (χ1v) is 7.52. The summed E-state index contributed by atoms with van der Waals surface area (Å²) < 4.78 is 32.3. The van der Waals surface area contributed by atoms with Gasteiger partial charge >= 0.3 is 0 Å². The van der Waals surface area contributed by atoms with Crippen molar-refractivity contribution in [3.05, 3.63) is 66.3 Å². The van der Waals surface area contributed by atoms with Crippen LogP contribution in [0, 0.1) is 11.6 Å². The molecule has 0 radical (unpaired) electrons. The van der Waals surface area contributed by atoms with Crippen molar-refractivity contribution in [2.24, 2.45) is 10.7 Å². The van der Waals surface area contributed by atoms with E-state index in [2.05, 4.69) is 25.3 Å².